The minimum atomic E-state index is 0.338. The van der Waals surface area contributed by atoms with Gasteiger partial charge in [-0.1, -0.05) is 0 Å². The molecular formula is C13H31N5. The van der Waals surface area contributed by atoms with Gasteiger partial charge in [0.15, 0.2) is 5.96 Å². The van der Waals surface area contributed by atoms with Crippen molar-refractivity contribution in [1.29, 1.82) is 0 Å². The molecule has 0 radical (unpaired) electrons. The Morgan fingerprint density at radius 1 is 1.06 bits per heavy atom. The van der Waals surface area contributed by atoms with Crippen molar-refractivity contribution in [3.63, 3.8) is 0 Å². The lowest BCUT2D eigenvalue weighted by Gasteiger charge is -2.14. The SMILES string of the molecule is C1CNCCN1.CCNC(=NC(C)C)NC(C)C. The highest BCUT2D eigenvalue weighted by Crippen LogP contribution is 1.86. The fourth-order valence-corrected chi connectivity index (χ4v) is 1.44. The quantitative estimate of drug-likeness (QED) is 0.440. The third-order valence-electron chi connectivity index (χ3n) is 2.11. The first kappa shape index (κ1) is 17.2. The summed E-state index contributed by atoms with van der Waals surface area (Å²) < 4.78 is 0. The summed E-state index contributed by atoms with van der Waals surface area (Å²) in [6.07, 6.45) is 0. The van der Waals surface area contributed by atoms with Gasteiger partial charge in [-0.15, -0.1) is 0 Å². The van der Waals surface area contributed by atoms with E-state index in [1.807, 2.05) is 0 Å². The topological polar surface area (TPSA) is 60.5 Å². The zero-order chi connectivity index (χ0) is 13.8. The van der Waals surface area contributed by atoms with E-state index in [4.69, 9.17) is 0 Å². The predicted molar refractivity (Wildman–Crippen MR) is 80.3 cm³/mol. The van der Waals surface area contributed by atoms with Crippen LogP contribution >= 0.6 is 0 Å². The molecule has 1 rings (SSSR count). The lowest BCUT2D eigenvalue weighted by atomic mass is 10.4. The monoisotopic (exact) mass is 257 g/mol. The average Bonchev–Trinajstić information content (AvgIpc) is 2.30. The summed E-state index contributed by atoms with van der Waals surface area (Å²) in [5, 5.41) is 12.9. The van der Waals surface area contributed by atoms with Crippen molar-refractivity contribution in [2.75, 3.05) is 32.7 Å². The van der Waals surface area contributed by atoms with Crippen LogP contribution in [0.15, 0.2) is 4.99 Å². The van der Waals surface area contributed by atoms with E-state index >= 15 is 0 Å². The molecule has 108 valence electrons. The van der Waals surface area contributed by atoms with Gasteiger partial charge in [0, 0.05) is 44.8 Å². The van der Waals surface area contributed by atoms with Crippen molar-refractivity contribution in [2.24, 2.45) is 4.99 Å². The fraction of sp³-hybridized carbons (Fsp3) is 0.923. The van der Waals surface area contributed by atoms with Gasteiger partial charge in [-0.2, -0.15) is 0 Å². The number of nitrogens with zero attached hydrogens (tertiary/aromatic N) is 1. The number of aliphatic imine (C=N–C) groups is 1. The van der Waals surface area contributed by atoms with Crippen molar-refractivity contribution >= 4 is 5.96 Å². The van der Waals surface area contributed by atoms with Gasteiger partial charge in [0.25, 0.3) is 0 Å². The zero-order valence-electron chi connectivity index (χ0n) is 12.6. The predicted octanol–water partition coefficient (Wildman–Crippen LogP) is 0.538. The molecule has 0 aromatic rings. The highest BCUT2D eigenvalue weighted by atomic mass is 15.2. The molecule has 5 heteroatoms. The van der Waals surface area contributed by atoms with Crippen molar-refractivity contribution < 1.29 is 0 Å². The zero-order valence-corrected chi connectivity index (χ0v) is 12.6. The van der Waals surface area contributed by atoms with E-state index in [0.717, 1.165) is 38.7 Å². The smallest absolute Gasteiger partial charge is 0.191 e. The highest BCUT2D eigenvalue weighted by molar-refractivity contribution is 5.80. The summed E-state index contributed by atoms with van der Waals surface area (Å²) in [7, 11) is 0. The molecular weight excluding hydrogens is 226 g/mol. The van der Waals surface area contributed by atoms with E-state index in [1.54, 1.807) is 0 Å². The Bertz CT molecular complexity index is 198. The number of guanidine groups is 1. The van der Waals surface area contributed by atoms with Gasteiger partial charge in [-0.3, -0.25) is 4.99 Å². The van der Waals surface area contributed by atoms with Crippen LogP contribution in [0, 0.1) is 0 Å². The second-order valence-electron chi connectivity index (χ2n) is 4.90. The Balaban J connectivity index is 0.000000397. The second kappa shape index (κ2) is 11.3. The molecule has 1 heterocycles. The number of hydrogen-bond acceptors (Lipinski definition) is 3. The molecule has 4 N–H and O–H groups in total. The van der Waals surface area contributed by atoms with E-state index in [9.17, 15) is 0 Å². The number of hydrogen-bond donors (Lipinski definition) is 4. The molecule has 0 aromatic heterocycles. The van der Waals surface area contributed by atoms with E-state index < -0.39 is 0 Å². The van der Waals surface area contributed by atoms with Crippen LogP contribution in [0.2, 0.25) is 0 Å². The molecule has 5 nitrogen and oxygen atoms in total. The summed E-state index contributed by atoms with van der Waals surface area (Å²) in [6.45, 7) is 15.9. The van der Waals surface area contributed by atoms with Gasteiger partial charge in [0.05, 0.1) is 0 Å². The molecule has 1 fully saturated rings. The van der Waals surface area contributed by atoms with E-state index in [2.05, 4.69) is 60.9 Å². The average molecular weight is 257 g/mol. The van der Waals surface area contributed by atoms with Crippen molar-refractivity contribution in [3.8, 4) is 0 Å². The van der Waals surface area contributed by atoms with Crippen LogP contribution in [0.3, 0.4) is 0 Å². The summed E-state index contributed by atoms with van der Waals surface area (Å²) >= 11 is 0. The van der Waals surface area contributed by atoms with E-state index in [-0.39, 0.29) is 0 Å². The highest BCUT2D eigenvalue weighted by Gasteiger charge is 1.99. The first-order chi connectivity index (χ1) is 8.56. The van der Waals surface area contributed by atoms with Crippen LogP contribution in [0.1, 0.15) is 34.6 Å². The Morgan fingerprint density at radius 3 is 1.83 bits per heavy atom. The summed E-state index contributed by atoms with van der Waals surface area (Å²) in [5.41, 5.74) is 0. The third kappa shape index (κ3) is 11.7. The van der Waals surface area contributed by atoms with Crippen molar-refractivity contribution in [2.45, 2.75) is 46.7 Å². The van der Waals surface area contributed by atoms with Gasteiger partial charge >= 0.3 is 0 Å². The lowest BCUT2D eigenvalue weighted by Crippen LogP contribution is -2.41. The first-order valence-electron chi connectivity index (χ1n) is 7.05. The largest absolute Gasteiger partial charge is 0.357 e. The molecule has 0 aliphatic carbocycles. The van der Waals surface area contributed by atoms with Crippen LogP contribution in [-0.4, -0.2) is 50.8 Å². The Hall–Kier alpha value is -0.810. The second-order valence-corrected chi connectivity index (χ2v) is 4.90. The van der Waals surface area contributed by atoms with E-state index in [0.29, 0.717) is 12.1 Å². The minimum Gasteiger partial charge on any atom is -0.357 e. The Labute approximate surface area is 112 Å². The summed E-state index contributed by atoms with van der Waals surface area (Å²) in [4.78, 5) is 4.40. The summed E-state index contributed by atoms with van der Waals surface area (Å²) in [5.74, 6) is 0.905. The first-order valence-corrected chi connectivity index (χ1v) is 7.05. The van der Waals surface area contributed by atoms with Gasteiger partial charge in [-0.05, 0) is 34.6 Å². The normalized spacial score (nSPS) is 16.3. The molecule has 0 bridgehead atoms. The standard InChI is InChI=1S/C9H21N3.C4H10N2/c1-6-10-9(11-7(2)3)12-8(4)5;1-2-6-4-3-5-1/h7-8H,6H2,1-5H3,(H2,10,11,12);5-6H,1-4H2. The number of nitrogens with one attached hydrogen (secondary N) is 4. The summed E-state index contributed by atoms with van der Waals surface area (Å²) in [6, 6.07) is 0.770. The van der Waals surface area contributed by atoms with E-state index in [1.165, 1.54) is 0 Å². The molecule has 18 heavy (non-hydrogen) atoms. The molecule has 0 unspecified atom stereocenters. The third-order valence-corrected chi connectivity index (χ3v) is 2.11. The van der Waals surface area contributed by atoms with Gasteiger partial charge in [0.2, 0.25) is 0 Å². The molecule has 1 saturated heterocycles. The van der Waals surface area contributed by atoms with Crippen LogP contribution < -0.4 is 21.3 Å². The number of rotatable bonds is 3. The van der Waals surface area contributed by atoms with Crippen LogP contribution in [-0.2, 0) is 0 Å². The fourth-order valence-electron chi connectivity index (χ4n) is 1.44. The molecule has 0 aromatic carbocycles. The maximum absolute atomic E-state index is 4.40. The van der Waals surface area contributed by atoms with Gasteiger partial charge < -0.3 is 21.3 Å². The molecule has 0 amide bonds. The van der Waals surface area contributed by atoms with Crippen LogP contribution in [0.25, 0.3) is 0 Å². The van der Waals surface area contributed by atoms with Gasteiger partial charge in [0.1, 0.15) is 0 Å². The maximum atomic E-state index is 4.40. The van der Waals surface area contributed by atoms with Crippen LogP contribution in [0.4, 0.5) is 0 Å². The molecule has 0 spiro atoms. The lowest BCUT2D eigenvalue weighted by molar-refractivity contribution is 0.534. The molecule has 0 atom stereocenters. The molecule has 1 aliphatic heterocycles. The van der Waals surface area contributed by atoms with Crippen LogP contribution in [0.5, 0.6) is 0 Å². The Morgan fingerprint density at radius 2 is 1.56 bits per heavy atom. The minimum absolute atomic E-state index is 0.338. The number of piperazine rings is 1. The van der Waals surface area contributed by atoms with Gasteiger partial charge in [-0.25, -0.2) is 0 Å². The Kier molecular flexibility index (Phi) is 10.8. The molecule has 1 aliphatic rings. The van der Waals surface area contributed by atoms with Crippen molar-refractivity contribution in [1.82, 2.24) is 21.3 Å². The maximum Gasteiger partial charge on any atom is 0.191 e. The molecule has 0 saturated carbocycles. The van der Waals surface area contributed by atoms with Crippen molar-refractivity contribution in [3.05, 3.63) is 0 Å².